The number of carbonyl (C=O) groups excluding carboxylic acids is 1. The van der Waals surface area contributed by atoms with Gasteiger partial charge >= 0.3 is 0 Å². The van der Waals surface area contributed by atoms with E-state index in [1.54, 1.807) is 30.3 Å². The third-order valence-corrected chi connectivity index (χ3v) is 3.34. The molecule has 0 spiro atoms. The summed E-state index contributed by atoms with van der Waals surface area (Å²) >= 11 is 0. The number of aromatic nitrogens is 2. The van der Waals surface area contributed by atoms with E-state index in [0.29, 0.717) is 22.4 Å². The van der Waals surface area contributed by atoms with Gasteiger partial charge in [0.05, 0.1) is 5.69 Å². The summed E-state index contributed by atoms with van der Waals surface area (Å²) < 4.78 is 1.40. The number of hydrogen-bond donors (Lipinski definition) is 2. The molecular weight excluding hydrogens is 284 g/mol. The SMILES string of the molecule is CNC(=O)c1cc2ccc(=O)n(-c3cccc(N=O)c3)c2[nH]1. The number of carbonyl (C=O) groups is 1. The second-order valence-corrected chi connectivity index (χ2v) is 4.68. The van der Waals surface area contributed by atoms with Crippen molar-refractivity contribution in [3.63, 3.8) is 0 Å². The molecule has 2 aromatic heterocycles. The number of aromatic amines is 1. The molecule has 0 atom stereocenters. The Morgan fingerprint density at radius 3 is 2.77 bits per heavy atom. The first-order valence-corrected chi connectivity index (χ1v) is 6.54. The number of nitrogens with zero attached hydrogens (tertiary/aromatic N) is 2. The first-order chi connectivity index (χ1) is 10.6. The van der Waals surface area contributed by atoms with Gasteiger partial charge in [0.25, 0.3) is 11.5 Å². The quantitative estimate of drug-likeness (QED) is 0.724. The van der Waals surface area contributed by atoms with Crippen LogP contribution in [0.25, 0.3) is 16.7 Å². The number of nitrogens with one attached hydrogen (secondary N) is 2. The van der Waals surface area contributed by atoms with Crippen molar-refractivity contribution in [2.45, 2.75) is 0 Å². The summed E-state index contributed by atoms with van der Waals surface area (Å²) in [6.45, 7) is 0. The molecule has 0 saturated heterocycles. The minimum absolute atomic E-state index is 0.222. The van der Waals surface area contributed by atoms with Crippen molar-refractivity contribution in [3.8, 4) is 5.69 Å². The largest absolute Gasteiger partial charge is 0.354 e. The number of hydrogen-bond acceptors (Lipinski definition) is 4. The van der Waals surface area contributed by atoms with Crippen molar-refractivity contribution >= 4 is 22.6 Å². The van der Waals surface area contributed by atoms with Crippen molar-refractivity contribution in [1.29, 1.82) is 0 Å². The molecular formula is C15H12N4O3. The minimum Gasteiger partial charge on any atom is -0.354 e. The van der Waals surface area contributed by atoms with Gasteiger partial charge in [-0.3, -0.25) is 14.2 Å². The monoisotopic (exact) mass is 296 g/mol. The molecule has 0 radical (unpaired) electrons. The lowest BCUT2D eigenvalue weighted by molar-refractivity contribution is 0.0959. The summed E-state index contributed by atoms with van der Waals surface area (Å²) in [5, 5.41) is 6.10. The lowest BCUT2D eigenvalue weighted by atomic mass is 10.2. The Morgan fingerprint density at radius 2 is 2.05 bits per heavy atom. The van der Waals surface area contributed by atoms with Gasteiger partial charge in [-0.25, -0.2) is 0 Å². The number of benzene rings is 1. The predicted octanol–water partition coefficient (Wildman–Crippen LogP) is 2.08. The van der Waals surface area contributed by atoms with Crippen LogP contribution in [0.5, 0.6) is 0 Å². The van der Waals surface area contributed by atoms with E-state index in [9.17, 15) is 14.5 Å². The molecule has 0 fully saturated rings. The zero-order valence-electron chi connectivity index (χ0n) is 11.7. The van der Waals surface area contributed by atoms with E-state index in [1.165, 1.54) is 23.7 Å². The second kappa shape index (κ2) is 5.28. The Bertz CT molecular complexity index is 939. The van der Waals surface area contributed by atoms with Crippen LogP contribution in [0.2, 0.25) is 0 Å². The minimum atomic E-state index is -0.279. The summed E-state index contributed by atoms with van der Waals surface area (Å²) in [6, 6.07) is 11.1. The topological polar surface area (TPSA) is 96.3 Å². The Kier molecular flexibility index (Phi) is 3.30. The average Bonchev–Trinajstić information content (AvgIpc) is 2.98. The lowest BCUT2D eigenvalue weighted by Gasteiger charge is -2.07. The van der Waals surface area contributed by atoms with Crippen molar-refractivity contribution in [1.82, 2.24) is 14.9 Å². The maximum Gasteiger partial charge on any atom is 0.267 e. The Labute approximate surface area is 124 Å². The highest BCUT2D eigenvalue weighted by Gasteiger charge is 2.12. The van der Waals surface area contributed by atoms with Gasteiger partial charge in [-0.2, -0.15) is 0 Å². The third-order valence-electron chi connectivity index (χ3n) is 3.34. The molecule has 7 nitrogen and oxygen atoms in total. The lowest BCUT2D eigenvalue weighted by Crippen LogP contribution is -2.19. The predicted molar refractivity (Wildman–Crippen MR) is 82.7 cm³/mol. The molecule has 1 aromatic carbocycles. The number of H-pyrrole nitrogens is 1. The Balaban J connectivity index is 2.29. The number of fused-ring (bicyclic) bond motifs is 1. The fraction of sp³-hybridized carbons (Fsp3) is 0.0667. The van der Waals surface area contributed by atoms with E-state index in [1.807, 2.05) is 0 Å². The van der Waals surface area contributed by atoms with Gasteiger partial charge in [0.1, 0.15) is 17.0 Å². The van der Waals surface area contributed by atoms with Gasteiger partial charge in [0, 0.05) is 18.5 Å². The number of pyridine rings is 1. The molecule has 110 valence electrons. The highest BCUT2D eigenvalue weighted by Crippen LogP contribution is 2.20. The molecule has 0 aliphatic rings. The molecule has 1 amide bonds. The molecule has 3 rings (SSSR count). The maximum atomic E-state index is 12.2. The zero-order chi connectivity index (χ0) is 15.7. The fourth-order valence-corrected chi connectivity index (χ4v) is 2.32. The first-order valence-electron chi connectivity index (χ1n) is 6.54. The van der Waals surface area contributed by atoms with Gasteiger partial charge in [0.2, 0.25) is 0 Å². The normalized spacial score (nSPS) is 10.6. The molecule has 7 heteroatoms. The summed E-state index contributed by atoms with van der Waals surface area (Å²) in [5.41, 5.74) is 1.27. The van der Waals surface area contributed by atoms with Crippen molar-refractivity contribution in [2.75, 3.05) is 7.05 Å². The first kappa shape index (κ1) is 13.7. The highest BCUT2D eigenvalue weighted by atomic mass is 16.3. The van der Waals surface area contributed by atoms with Crippen LogP contribution in [0, 0.1) is 4.91 Å². The van der Waals surface area contributed by atoms with E-state index in [0.717, 1.165) is 0 Å². The van der Waals surface area contributed by atoms with E-state index in [4.69, 9.17) is 0 Å². The zero-order valence-corrected chi connectivity index (χ0v) is 11.7. The van der Waals surface area contributed by atoms with Crippen LogP contribution in [0.4, 0.5) is 5.69 Å². The third kappa shape index (κ3) is 2.18. The van der Waals surface area contributed by atoms with Crippen LogP contribution in [-0.4, -0.2) is 22.5 Å². The molecule has 0 saturated carbocycles. The molecule has 0 unspecified atom stereocenters. The van der Waals surface area contributed by atoms with Gasteiger partial charge in [-0.15, -0.1) is 4.91 Å². The smallest absolute Gasteiger partial charge is 0.267 e. The number of nitroso groups, excluding NO2 is 1. The summed E-state index contributed by atoms with van der Waals surface area (Å²) in [5.74, 6) is -0.279. The van der Waals surface area contributed by atoms with Crippen LogP contribution < -0.4 is 10.9 Å². The molecule has 22 heavy (non-hydrogen) atoms. The summed E-state index contributed by atoms with van der Waals surface area (Å²) in [4.78, 5) is 37.6. The fourth-order valence-electron chi connectivity index (χ4n) is 2.32. The summed E-state index contributed by atoms with van der Waals surface area (Å²) in [6.07, 6.45) is 0. The van der Waals surface area contributed by atoms with Crippen molar-refractivity contribution in [2.24, 2.45) is 5.18 Å². The highest BCUT2D eigenvalue weighted by molar-refractivity contribution is 5.97. The van der Waals surface area contributed by atoms with Crippen LogP contribution in [0.1, 0.15) is 10.5 Å². The van der Waals surface area contributed by atoms with Gasteiger partial charge in [0.15, 0.2) is 0 Å². The van der Waals surface area contributed by atoms with E-state index in [2.05, 4.69) is 15.5 Å². The van der Waals surface area contributed by atoms with Crippen LogP contribution in [0.3, 0.4) is 0 Å². The molecule has 3 aromatic rings. The average molecular weight is 296 g/mol. The molecule has 0 bridgehead atoms. The van der Waals surface area contributed by atoms with E-state index in [-0.39, 0.29) is 17.2 Å². The van der Waals surface area contributed by atoms with Gasteiger partial charge < -0.3 is 10.3 Å². The Hall–Kier alpha value is -3.22. The number of amides is 1. The standard InChI is InChI=1S/C15H12N4O3/c1-16-15(21)12-7-9-5-6-13(20)19(14(9)17-12)11-4-2-3-10(8-11)18-22/h2-8,17H,1H3,(H,16,21). The van der Waals surface area contributed by atoms with Gasteiger partial charge in [-0.05, 0) is 35.5 Å². The van der Waals surface area contributed by atoms with Gasteiger partial charge in [-0.1, -0.05) is 6.07 Å². The second-order valence-electron chi connectivity index (χ2n) is 4.68. The van der Waals surface area contributed by atoms with Crippen LogP contribution in [0.15, 0.2) is 52.4 Å². The maximum absolute atomic E-state index is 12.2. The number of rotatable bonds is 3. The molecule has 0 aliphatic heterocycles. The molecule has 0 aliphatic carbocycles. The van der Waals surface area contributed by atoms with Crippen LogP contribution in [-0.2, 0) is 0 Å². The Morgan fingerprint density at radius 1 is 1.23 bits per heavy atom. The van der Waals surface area contributed by atoms with E-state index < -0.39 is 0 Å². The van der Waals surface area contributed by atoms with Crippen molar-refractivity contribution in [3.05, 3.63) is 63.4 Å². The van der Waals surface area contributed by atoms with E-state index >= 15 is 0 Å². The summed E-state index contributed by atoms with van der Waals surface area (Å²) in [7, 11) is 1.53. The van der Waals surface area contributed by atoms with Crippen LogP contribution >= 0.6 is 0 Å². The molecule has 2 heterocycles. The molecule has 2 N–H and O–H groups in total. The van der Waals surface area contributed by atoms with Crippen molar-refractivity contribution < 1.29 is 4.79 Å².